The van der Waals surface area contributed by atoms with Gasteiger partial charge in [-0.25, -0.2) is 4.39 Å². The van der Waals surface area contributed by atoms with Crippen molar-refractivity contribution in [2.75, 3.05) is 6.54 Å². The number of nitrogens with zero attached hydrogens (tertiary/aromatic N) is 1. The number of hydrogen-bond donors (Lipinski definition) is 2. The normalized spacial score (nSPS) is 31.4. The number of nitrogens with two attached hydrogens (primary N) is 1. The first-order valence-electron chi connectivity index (χ1n) is 7.58. The number of fused-ring (bicyclic) bond motifs is 2. The summed E-state index contributed by atoms with van der Waals surface area (Å²) >= 11 is 0. The van der Waals surface area contributed by atoms with E-state index >= 15 is 0 Å². The Labute approximate surface area is 119 Å². The highest BCUT2D eigenvalue weighted by Gasteiger charge is 2.39. The van der Waals surface area contributed by atoms with E-state index in [4.69, 9.17) is 5.73 Å². The van der Waals surface area contributed by atoms with Gasteiger partial charge in [0.25, 0.3) is 0 Å². The van der Waals surface area contributed by atoms with Crippen LogP contribution in [0.4, 0.5) is 4.39 Å². The van der Waals surface area contributed by atoms with Crippen LogP contribution in [0.2, 0.25) is 0 Å². The van der Waals surface area contributed by atoms with Crippen molar-refractivity contribution in [3.63, 3.8) is 0 Å². The average molecular weight is 278 g/mol. The lowest BCUT2D eigenvalue weighted by molar-refractivity contribution is 0.0340. The fourth-order valence-corrected chi connectivity index (χ4v) is 3.80. The second-order valence-corrected chi connectivity index (χ2v) is 6.20. The van der Waals surface area contributed by atoms with Gasteiger partial charge < -0.3 is 10.8 Å². The molecule has 1 aromatic carbocycles. The molecule has 110 valence electrons. The van der Waals surface area contributed by atoms with Crippen molar-refractivity contribution < 1.29 is 9.50 Å². The Morgan fingerprint density at radius 3 is 2.65 bits per heavy atom. The summed E-state index contributed by atoms with van der Waals surface area (Å²) in [6.45, 7) is 0.944. The number of piperidine rings is 1. The van der Waals surface area contributed by atoms with Crippen molar-refractivity contribution in [3.05, 3.63) is 35.6 Å². The molecule has 0 aromatic heterocycles. The highest BCUT2D eigenvalue weighted by Crippen LogP contribution is 2.36. The molecule has 2 aliphatic rings. The first kappa shape index (κ1) is 14.0. The van der Waals surface area contributed by atoms with Crippen molar-refractivity contribution in [2.45, 2.75) is 56.3 Å². The summed E-state index contributed by atoms with van der Waals surface area (Å²) in [5.41, 5.74) is 7.05. The van der Waals surface area contributed by atoms with E-state index in [1.165, 1.54) is 25.0 Å². The van der Waals surface area contributed by atoms with Gasteiger partial charge in [0.1, 0.15) is 5.82 Å². The summed E-state index contributed by atoms with van der Waals surface area (Å²) in [7, 11) is 0. The average Bonchev–Trinajstić information content (AvgIpc) is 2.66. The smallest absolute Gasteiger partial charge is 0.123 e. The Morgan fingerprint density at radius 1 is 1.30 bits per heavy atom. The molecule has 3 rings (SSSR count). The van der Waals surface area contributed by atoms with Gasteiger partial charge in [-0.2, -0.15) is 0 Å². The molecule has 0 radical (unpaired) electrons. The second kappa shape index (κ2) is 5.80. The molecule has 0 amide bonds. The quantitative estimate of drug-likeness (QED) is 0.887. The molecule has 4 heteroatoms. The van der Waals surface area contributed by atoms with Gasteiger partial charge in [0.2, 0.25) is 0 Å². The minimum absolute atomic E-state index is 0.114. The van der Waals surface area contributed by atoms with Crippen LogP contribution in [0.15, 0.2) is 24.3 Å². The van der Waals surface area contributed by atoms with E-state index in [1.807, 2.05) is 6.07 Å². The van der Waals surface area contributed by atoms with E-state index in [1.54, 1.807) is 6.07 Å². The predicted molar refractivity (Wildman–Crippen MR) is 76.7 cm³/mol. The fourth-order valence-electron chi connectivity index (χ4n) is 3.80. The van der Waals surface area contributed by atoms with E-state index in [0.717, 1.165) is 31.4 Å². The van der Waals surface area contributed by atoms with Crippen LogP contribution in [0.3, 0.4) is 0 Å². The summed E-state index contributed by atoms with van der Waals surface area (Å²) in [4.78, 5) is 2.51. The van der Waals surface area contributed by atoms with Gasteiger partial charge in [0, 0.05) is 24.7 Å². The molecule has 3 N–H and O–H groups in total. The Kier molecular flexibility index (Phi) is 4.06. The van der Waals surface area contributed by atoms with Crippen molar-refractivity contribution in [1.29, 1.82) is 0 Å². The molecule has 0 saturated carbocycles. The minimum Gasteiger partial charge on any atom is -0.393 e. The lowest BCUT2D eigenvalue weighted by Crippen LogP contribution is -2.45. The van der Waals surface area contributed by atoms with E-state index in [2.05, 4.69) is 4.90 Å². The lowest BCUT2D eigenvalue weighted by Gasteiger charge is -2.37. The number of aliphatic hydroxyl groups excluding tert-OH is 1. The first-order chi connectivity index (χ1) is 9.63. The third-order valence-corrected chi connectivity index (χ3v) is 4.83. The number of benzene rings is 1. The molecular weight excluding hydrogens is 255 g/mol. The zero-order valence-electron chi connectivity index (χ0n) is 11.7. The summed E-state index contributed by atoms with van der Waals surface area (Å²) in [5.74, 6) is -0.223. The summed E-state index contributed by atoms with van der Waals surface area (Å²) in [6, 6.07) is 7.50. The van der Waals surface area contributed by atoms with Crippen LogP contribution in [0.1, 0.15) is 43.7 Å². The summed E-state index contributed by atoms with van der Waals surface area (Å²) in [6.07, 6.45) is 4.89. The SMILES string of the molecule is NC(CCN1C2CCC1CC(O)C2)c1cccc(F)c1. The van der Waals surface area contributed by atoms with Gasteiger partial charge in [-0.15, -0.1) is 0 Å². The van der Waals surface area contributed by atoms with Crippen LogP contribution in [-0.2, 0) is 0 Å². The van der Waals surface area contributed by atoms with Crippen LogP contribution in [0.25, 0.3) is 0 Å². The topological polar surface area (TPSA) is 49.5 Å². The number of aliphatic hydroxyl groups is 1. The van der Waals surface area contributed by atoms with E-state index in [0.29, 0.717) is 12.1 Å². The fraction of sp³-hybridized carbons (Fsp3) is 0.625. The van der Waals surface area contributed by atoms with Gasteiger partial charge in [-0.1, -0.05) is 12.1 Å². The lowest BCUT2D eigenvalue weighted by atomic mass is 9.98. The van der Waals surface area contributed by atoms with Crippen LogP contribution < -0.4 is 5.73 Å². The Balaban J connectivity index is 1.57. The molecule has 3 unspecified atom stereocenters. The van der Waals surface area contributed by atoms with E-state index < -0.39 is 0 Å². The Hall–Kier alpha value is -0.970. The predicted octanol–water partition coefficient (Wildman–Crippen LogP) is 2.20. The molecule has 2 saturated heterocycles. The molecule has 2 aliphatic heterocycles. The summed E-state index contributed by atoms with van der Waals surface area (Å²) < 4.78 is 13.2. The molecule has 2 fully saturated rings. The molecule has 3 nitrogen and oxygen atoms in total. The molecule has 20 heavy (non-hydrogen) atoms. The third kappa shape index (κ3) is 2.87. The zero-order valence-corrected chi connectivity index (χ0v) is 11.7. The van der Waals surface area contributed by atoms with E-state index in [-0.39, 0.29) is 18.0 Å². The van der Waals surface area contributed by atoms with Crippen molar-refractivity contribution in [1.82, 2.24) is 4.90 Å². The maximum atomic E-state index is 13.2. The molecule has 1 aromatic rings. The molecule has 3 atom stereocenters. The third-order valence-electron chi connectivity index (χ3n) is 4.83. The highest BCUT2D eigenvalue weighted by molar-refractivity contribution is 5.19. The molecule has 2 heterocycles. The second-order valence-electron chi connectivity index (χ2n) is 6.20. The van der Waals surface area contributed by atoms with Gasteiger partial charge in [-0.3, -0.25) is 4.90 Å². The van der Waals surface area contributed by atoms with Crippen molar-refractivity contribution >= 4 is 0 Å². The number of hydrogen-bond acceptors (Lipinski definition) is 3. The van der Waals surface area contributed by atoms with Crippen LogP contribution >= 0.6 is 0 Å². The van der Waals surface area contributed by atoms with Gasteiger partial charge in [0.05, 0.1) is 6.10 Å². The van der Waals surface area contributed by atoms with Crippen LogP contribution in [0.5, 0.6) is 0 Å². The monoisotopic (exact) mass is 278 g/mol. The van der Waals surface area contributed by atoms with Gasteiger partial charge in [0.15, 0.2) is 0 Å². The molecular formula is C16H23FN2O. The molecule has 2 bridgehead atoms. The minimum atomic E-state index is -0.223. The number of rotatable bonds is 4. The molecule has 0 aliphatic carbocycles. The Morgan fingerprint density at radius 2 is 2.00 bits per heavy atom. The van der Waals surface area contributed by atoms with E-state index in [9.17, 15) is 9.50 Å². The van der Waals surface area contributed by atoms with Gasteiger partial charge in [-0.05, 0) is 49.8 Å². The first-order valence-corrected chi connectivity index (χ1v) is 7.58. The van der Waals surface area contributed by atoms with Gasteiger partial charge >= 0.3 is 0 Å². The maximum Gasteiger partial charge on any atom is 0.123 e. The number of halogens is 1. The van der Waals surface area contributed by atoms with Crippen LogP contribution in [-0.4, -0.2) is 34.7 Å². The zero-order chi connectivity index (χ0) is 14.1. The summed E-state index contributed by atoms with van der Waals surface area (Å²) in [5, 5.41) is 9.80. The molecule has 0 spiro atoms. The van der Waals surface area contributed by atoms with Crippen molar-refractivity contribution in [2.24, 2.45) is 5.73 Å². The maximum absolute atomic E-state index is 13.2. The standard InChI is InChI=1S/C16H23FN2O/c17-12-3-1-2-11(8-12)16(18)6-7-19-13-4-5-14(19)10-15(20)9-13/h1-3,8,13-16,20H,4-7,9-10,18H2. The van der Waals surface area contributed by atoms with Crippen molar-refractivity contribution in [3.8, 4) is 0 Å². The van der Waals surface area contributed by atoms with Crippen LogP contribution in [0, 0.1) is 5.82 Å². The Bertz CT molecular complexity index is 454. The highest BCUT2D eigenvalue weighted by atomic mass is 19.1. The largest absolute Gasteiger partial charge is 0.393 e.